The van der Waals surface area contributed by atoms with Crippen molar-refractivity contribution in [1.29, 1.82) is 0 Å². The number of carbonyl (C=O) groups is 2. The molecule has 22 heavy (non-hydrogen) atoms. The molecule has 0 bridgehead atoms. The van der Waals surface area contributed by atoms with Crippen LogP contribution in [-0.4, -0.2) is 16.8 Å². The molecule has 0 fully saturated rings. The van der Waals surface area contributed by atoms with Gasteiger partial charge in [0.25, 0.3) is 5.91 Å². The van der Waals surface area contributed by atoms with Gasteiger partial charge in [0.05, 0.1) is 17.7 Å². The van der Waals surface area contributed by atoms with Gasteiger partial charge in [0.2, 0.25) is 5.91 Å². The quantitative estimate of drug-likeness (QED) is 0.900. The van der Waals surface area contributed by atoms with Gasteiger partial charge in [-0.05, 0) is 30.7 Å². The number of nitrogens with zero attached hydrogens (tertiary/aromatic N) is 1. The minimum absolute atomic E-state index is 0.0953. The fourth-order valence-corrected chi connectivity index (χ4v) is 4.61. The van der Waals surface area contributed by atoms with Gasteiger partial charge in [0, 0.05) is 15.6 Å². The van der Waals surface area contributed by atoms with Crippen LogP contribution in [0.5, 0.6) is 0 Å². The van der Waals surface area contributed by atoms with E-state index >= 15 is 0 Å². The van der Waals surface area contributed by atoms with Crippen LogP contribution in [0.25, 0.3) is 0 Å². The zero-order valence-electron chi connectivity index (χ0n) is 12.2. The number of thiophene rings is 1. The van der Waals surface area contributed by atoms with Crippen LogP contribution in [0.1, 0.15) is 39.8 Å². The van der Waals surface area contributed by atoms with Gasteiger partial charge in [0.15, 0.2) is 5.13 Å². The maximum atomic E-state index is 12.4. The molecule has 0 saturated heterocycles. The van der Waals surface area contributed by atoms with Crippen molar-refractivity contribution in [3.63, 3.8) is 0 Å². The predicted octanol–water partition coefficient (Wildman–Crippen LogP) is 2.61. The average molecular weight is 335 g/mol. The molecular weight excluding hydrogens is 318 g/mol. The van der Waals surface area contributed by atoms with Crippen LogP contribution in [0.4, 0.5) is 5.13 Å². The number of nitrogens with one attached hydrogen (secondary N) is 1. The van der Waals surface area contributed by atoms with E-state index in [0.717, 1.165) is 24.8 Å². The van der Waals surface area contributed by atoms with E-state index in [2.05, 4.69) is 17.2 Å². The monoisotopic (exact) mass is 335 g/mol. The number of anilines is 1. The van der Waals surface area contributed by atoms with Gasteiger partial charge >= 0.3 is 0 Å². The molecule has 0 spiro atoms. The Morgan fingerprint density at radius 1 is 1.41 bits per heavy atom. The Morgan fingerprint density at radius 3 is 3.00 bits per heavy atom. The zero-order chi connectivity index (χ0) is 15.7. The Labute approximate surface area is 136 Å². The topological polar surface area (TPSA) is 85.1 Å². The summed E-state index contributed by atoms with van der Waals surface area (Å²) in [4.78, 5) is 28.9. The summed E-state index contributed by atoms with van der Waals surface area (Å²) in [7, 11) is 0. The molecular formula is C15H17N3O2S2. The maximum absolute atomic E-state index is 12.4. The molecule has 0 aromatic carbocycles. The lowest BCUT2D eigenvalue weighted by molar-refractivity contribution is -0.117. The Morgan fingerprint density at radius 2 is 2.23 bits per heavy atom. The summed E-state index contributed by atoms with van der Waals surface area (Å²) in [6, 6.07) is 0. The molecule has 7 heteroatoms. The first-order valence-electron chi connectivity index (χ1n) is 7.16. The fraction of sp³-hybridized carbons (Fsp3) is 0.400. The van der Waals surface area contributed by atoms with E-state index in [1.54, 1.807) is 16.7 Å². The van der Waals surface area contributed by atoms with Crippen LogP contribution in [0.3, 0.4) is 0 Å². The van der Waals surface area contributed by atoms with E-state index in [0.29, 0.717) is 16.7 Å². The lowest BCUT2D eigenvalue weighted by Gasteiger charge is -2.18. The number of hydrogen-bond donors (Lipinski definition) is 2. The normalized spacial score (nSPS) is 17.0. The highest BCUT2D eigenvalue weighted by Gasteiger charge is 2.23. The Bertz CT molecular complexity index is 720. The molecule has 0 radical (unpaired) electrons. The summed E-state index contributed by atoms with van der Waals surface area (Å²) in [5.74, 6) is 0.147. The summed E-state index contributed by atoms with van der Waals surface area (Å²) in [5, 5.41) is 7.01. The third-order valence-corrected chi connectivity index (χ3v) is 5.63. The number of carbonyl (C=O) groups excluding carboxylic acids is 2. The smallest absolute Gasteiger partial charge is 0.258 e. The second kappa shape index (κ2) is 6.18. The highest BCUT2D eigenvalue weighted by molar-refractivity contribution is 7.14. The lowest BCUT2D eigenvalue weighted by Crippen LogP contribution is -2.17. The van der Waals surface area contributed by atoms with Gasteiger partial charge in [-0.15, -0.1) is 22.7 Å². The molecule has 2 amide bonds. The predicted molar refractivity (Wildman–Crippen MR) is 88.5 cm³/mol. The van der Waals surface area contributed by atoms with E-state index in [4.69, 9.17) is 5.73 Å². The van der Waals surface area contributed by atoms with Crippen molar-refractivity contribution in [2.75, 3.05) is 5.32 Å². The van der Waals surface area contributed by atoms with Crippen LogP contribution in [0, 0.1) is 5.92 Å². The van der Waals surface area contributed by atoms with Gasteiger partial charge < -0.3 is 5.73 Å². The molecule has 1 unspecified atom stereocenters. The second-order valence-electron chi connectivity index (χ2n) is 5.64. The minimum atomic E-state index is -0.427. The van der Waals surface area contributed by atoms with Crippen molar-refractivity contribution in [3.8, 4) is 0 Å². The first-order valence-corrected chi connectivity index (χ1v) is 8.92. The van der Waals surface area contributed by atoms with E-state index in [9.17, 15) is 9.59 Å². The third-order valence-electron chi connectivity index (χ3n) is 3.77. The van der Waals surface area contributed by atoms with Gasteiger partial charge in [-0.3, -0.25) is 14.9 Å². The highest BCUT2D eigenvalue weighted by atomic mass is 32.1. The van der Waals surface area contributed by atoms with Crippen LogP contribution in [0.15, 0.2) is 10.8 Å². The summed E-state index contributed by atoms with van der Waals surface area (Å²) < 4.78 is 0. The Kier molecular flexibility index (Phi) is 4.26. The van der Waals surface area contributed by atoms with E-state index in [1.165, 1.54) is 21.8 Å². The first-order chi connectivity index (χ1) is 10.5. The first kappa shape index (κ1) is 15.2. The molecule has 3 N–H and O–H groups in total. The summed E-state index contributed by atoms with van der Waals surface area (Å²) in [5.41, 5.74) is 7.68. The van der Waals surface area contributed by atoms with Crippen LogP contribution in [0.2, 0.25) is 0 Å². The average Bonchev–Trinajstić information content (AvgIpc) is 3.04. The molecule has 0 saturated carbocycles. The summed E-state index contributed by atoms with van der Waals surface area (Å²) >= 11 is 2.98. The van der Waals surface area contributed by atoms with Gasteiger partial charge in [-0.25, -0.2) is 4.98 Å². The highest BCUT2D eigenvalue weighted by Crippen LogP contribution is 2.33. The molecule has 2 aromatic heterocycles. The SMILES string of the molecule is CC1CCc2c(C(=O)Nc3nc(CC(N)=O)cs3)csc2C1. The molecule has 5 nitrogen and oxygen atoms in total. The van der Waals surface area contributed by atoms with E-state index < -0.39 is 5.91 Å². The van der Waals surface area contributed by atoms with E-state index in [-0.39, 0.29) is 12.3 Å². The molecule has 3 rings (SSSR count). The van der Waals surface area contributed by atoms with Crippen molar-refractivity contribution in [2.45, 2.75) is 32.6 Å². The van der Waals surface area contributed by atoms with Crippen LogP contribution < -0.4 is 11.1 Å². The number of fused-ring (bicyclic) bond motifs is 1. The number of thiazole rings is 1. The molecule has 2 heterocycles. The largest absolute Gasteiger partial charge is 0.369 e. The lowest BCUT2D eigenvalue weighted by atomic mass is 9.88. The number of nitrogens with two attached hydrogens (primary N) is 1. The van der Waals surface area contributed by atoms with Crippen molar-refractivity contribution >= 4 is 39.6 Å². The molecule has 2 aromatic rings. The Balaban J connectivity index is 1.72. The van der Waals surface area contributed by atoms with Gasteiger partial charge in [-0.1, -0.05) is 6.92 Å². The van der Waals surface area contributed by atoms with Crippen LogP contribution in [-0.2, 0) is 24.1 Å². The van der Waals surface area contributed by atoms with Gasteiger partial charge in [0.1, 0.15) is 0 Å². The standard InChI is InChI=1S/C15H17N3O2S2/c1-8-2-3-10-11(7-21-12(10)4-8)14(20)18-15-17-9(6-22-15)5-13(16)19/h6-8H,2-5H2,1H3,(H2,16,19)(H,17,18,20). The number of rotatable bonds is 4. The number of primary amides is 1. The molecule has 0 aliphatic heterocycles. The van der Waals surface area contributed by atoms with Crippen molar-refractivity contribution in [2.24, 2.45) is 11.7 Å². The number of aromatic nitrogens is 1. The molecule has 1 aliphatic rings. The zero-order valence-corrected chi connectivity index (χ0v) is 13.9. The van der Waals surface area contributed by atoms with Crippen LogP contribution >= 0.6 is 22.7 Å². The number of amides is 2. The number of hydrogen-bond acceptors (Lipinski definition) is 5. The third kappa shape index (κ3) is 3.20. The Hall–Kier alpha value is -1.73. The summed E-state index contributed by atoms with van der Waals surface area (Å²) in [6.07, 6.45) is 3.25. The summed E-state index contributed by atoms with van der Waals surface area (Å²) in [6.45, 7) is 2.25. The minimum Gasteiger partial charge on any atom is -0.369 e. The van der Waals surface area contributed by atoms with E-state index in [1.807, 2.05) is 5.38 Å². The van der Waals surface area contributed by atoms with Crippen molar-refractivity contribution in [1.82, 2.24) is 4.98 Å². The van der Waals surface area contributed by atoms with Gasteiger partial charge in [-0.2, -0.15) is 0 Å². The fourth-order valence-electron chi connectivity index (χ4n) is 2.66. The molecule has 1 aliphatic carbocycles. The van der Waals surface area contributed by atoms with Crippen molar-refractivity contribution < 1.29 is 9.59 Å². The molecule has 1 atom stereocenters. The molecule has 116 valence electrons. The van der Waals surface area contributed by atoms with Crippen molar-refractivity contribution in [3.05, 3.63) is 32.5 Å². The maximum Gasteiger partial charge on any atom is 0.258 e. The second-order valence-corrected chi connectivity index (χ2v) is 7.46.